The molecule has 0 aliphatic carbocycles. The summed E-state index contributed by atoms with van der Waals surface area (Å²) in [6.45, 7) is 11.3. The second kappa shape index (κ2) is 4.42. The Morgan fingerprint density at radius 2 is 1.94 bits per heavy atom. The first-order chi connectivity index (χ1) is 8.30. The Hall–Kier alpha value is -1.31. The zero-order valence-electron chi connectivity index (χ0n) is 12.1. The smallest absolute Gasteiger partial charge is 0.223 e. The molecular formula is C16H23NO. The van der Waals surface area contributed by atoms with Crippen LogP contribution in [-0.2, 0) is 11.2 Å². The summed E-state index contributed by atoms with van der Waals surface area (Å²) in [4.78, 5) is 13.8. The van der Waals surface area contributed by atoms with E-state index < -0.39 is 0 Å². The Labute approximate surface area is 110 Å². The van der Waals surface area contributed by atoms with Crippen LogP contribution in [0.2, 0.25) is 0 Å². The minimum atomic E-state index is 0.154. The van der Waals surface area contributed by atoms with Gasteiger partial charge in [-0.3, -0.25) is 4.79 Å². The fraction of sp³-hybridized carbons (Fsp3) is 0.562. The summed E-state index contributed by atoms with van der Waals surface area (Å²) in [5.74, 6) is 0.154. The Balaban J connectivity index is 2.60. The van der Waals surface area contributed by atoms with Crippen molar-refractivity contribution < 1.29 is 4.79 Å². The van der Waals surface area contributed by atoms with Crippen LogP contribution in [-0.4, -0.2) is 12.5 Å². The largest absolute Gasteiger partial charge is 0.312 e. The van der Waals surface area contributed by atoms with E-state index in [0.717, 1.165) is 25.1 Å². The van der Waals surface area contributed by atoms with E-state index in [4.69, 9.17) is 0 Å². The number of anilines is 1. The van der Waals surface area contributed by atoms with E-state index in [0.29, 0.717) is 0 Å². The van der Waals surface area contributed by atoms with Crippen LogP contribution < -0.4 is 4.90 Å². The predicted molar refractivity (Wildman–Crippen MR) is 76.0 cm³/mol. The summed E-state index contributed by atoms with van der Waals surface area (Å²) < 4.78 is 0. The Kier molecular flexibility index (Phi) is 3.22. The standard InChI is InChI=1S/C16H23NO/c1-11-8-12(2)15-14(9-11)10-16(4,5)6-7-17(15)13(3)18/h8-9H,6-7,10H2,1-5H3. The van der Waals surface area contributed by atoms with E-state index in [1.807, 2.05) is 4.90 Å². The summed E-state index contributed by atoms with van der Waals surface area (Å²) in [6.07, 6.45) is 2.11. The van der Waals surface area contributed by atoms with Gasteiger partial charge in [-0.15, -0.1) is 0 Å². The third-order valence-electron chi connectivity index (χ3n) is 3.85. The third kappa shape index (κ3) is 2.43. The highest BCUT2D eigenvalue weighted by Crippen LogP contribution is 2.38. The van der Waals surface area contributed by atoms with Crippen molar-refractivity contribution in [2.75, 3.05) is 11.4 Å². The second-order valence-electron chi connectivity index (χ2n) is 6.35. The van der Waals surface area contributed by atoms with E-state index in [-0.39, 0.29) is 11.3 Å². The van der Waals surface area contributed by atoms with Crippen molar-refractivity contribution in [3.8, 4) is 0 Å². The molecule has 18 heavy (non-hydrogen) atoms. The van der Waals surface area contributed by atoms with Crippen molar-refractivity contribution in [2.24, 2.45) is 5.41 Å². The van der Waals surface area contributed by atoms with Crippen LogP contribution in [0.5, 0.6) is 0 Å². The van der Waals surface area contributed by atoms with Gasteiger partial charge in [0.15, 0.2) is 0 Å². The summed E-state index contributed by atoms with van der Waals surface area (Å²) >= 11 is 0. The molecule has 1 aliphatic heterocycles. The van der Waals surface area contributed by atoms with Crippen LogP contribution >= 0.6 is 0 Å². The van der Waals surface area contributed by atoms with Crippen molar-refractivity contribution in [1.29, 1.82) is 0 Å². The molecule has 0 saturated carbocycles. The summed E-state index contributed by atoms with van der Waals surface area (Å²) in [7, 11) is 0. The number of carbonyl (C=O) groups is 1. The fourth-order valence-electron chi connectivity index (χ4n) is 3.01. The van der Waals surface area contributed by atoms with Gasteiger partial charge >= 0.3 is 0 Å². The van der Waals surface area contributed by atoms with Crippen molar-refractivity contribution in [3.05, 3.63) is 28.8 Å². The van der Waals surface area contributed by atoms with Crippen LogP contribution in [0.25, 0.3) is 0 Å². The molecule has 0 bridgehead atoms. The number of carbonyl (C=O) groups excluding carboxylic acids is 1. The van der Waals surface area contributed by atoms with Crippen molar-refractivity contribution >= 4 is 11.6 Å². The quantitative estimate of drug-likeness (QED) is 0.683. The fourth-order valence-corrected chi connectivity index (χ4v) is 3.01. The lowest BCUT2D eigenvalue weighted by molar-refractivity contribution is -0.116. The van der Waals surface area contributed by atoms with Gasteiger partial charge in [-0.1, -0.05) is 31.5 Å². The van der Waals surface area contributed by atoms with Gasteiger partial charge in [-0.05, 0) is 43.2 Å². The molecule has 0 aromatic heterocycles. The molecule has 2 rings (SSSR count). The van der Waals surface area contributed by atoms with Crippen LogP contribution in [0.4, 0.5) is 5.69 Å². The molecule has 0 N–H and O–H groups in total. The molecule has 0 unspecified atom stereocenters. The van der Waals surface area contributed by atoms with Crippen molar-refractivity contribution in [1.82, 2.24) is 0 Å². The molecule has 0 radical (unpaired) electrons. The molecule has 2 nitrogen and oxygen atoms in total. The molecule has 2 heteroatoms. The highest BCUT2D eigenvalue weighted by atomic mass is 16.2. The van der Waals surface area contributed by atoms with Gasteiger partial charge in [-0.25, -0.2) is 0 Å². The molecule has 1 heterocycles. The first-order valence-corrected chi connectivity index (χ1v) is 6.68. The molecule has 0 fully saturated rings. The normalized spacial score (nSPS) is 18.2. The van der Waals surface area contributed by atoms with E-state index >= 15 is 0 Å². The Morgan fingerprint density at radius 3 is 2.56 bits per heavy atom. The molecule has 1 amide bonds. The molecule has 98 valence electrons. The van der Waals surface area contributed by atoms with Gasteiger partial charge in [0.05, 0.1) is 0 Å². The second-order valence-corrected chi connectivity index (χ2v) is 6.35. The number of nitrogens with zero attached hydrogens (tertiary/aromatic N) is 1. The lowest BCUT2D eigenvalue weighted by atomic mass is 9.83. The lowest BCUT2D eigenvalue weighted by Gasteiger charge is -2.24. The summed E-state index contributed by atoms with van der Waals surface area (Å²) in [6, 6.07) is 4.42. The highest BCUT2D eigenvalue weighted by molar-refractivity contribution is 5.93. The maximum absolute atomic E-state index is 11.9. The molecule has 1 aliphatic rings. The van der Waals surface area contributed by atoms with Crippen LogP contribution in [0.15, 0.2) is 12.1 Å². The van der Waals surface area contributed by atoms with Gasteiger partial charge in [0.25, 0.3) is 0 Å². The Morgan fingerprint density at radius 1 is 1.28 bits per heavy atom. The molecule has 0 saturated heterocycles. The maximum Gasteiger partial charge on any atom is 0.223 e. The number of amides is 1. The number of hydrogen-bond donors (Lipinski definition) is 0. The summed E-state index contributed by atoms with van der Waals surface area (Å²) in [5.41, 5.74) is 5.24. The van der Waals surface area contributed by atoms with Gasteiger partial charge < -0.3 is 4.90 Å². The molecule has 1 aromatic carbocycles. The minimum Gasteiger partial charge on any atom is -0.312 e. The van der Waals surface area contributed by atoms with Crippen LogP contribution in [0, 0.1) is 19.3 Å². The first kappa shape index (κ1) is 13.1. The van der Waals surface area contributed by atoms with Gasteiger partial charge in [-0.2, -0.15) is 0 Å². The lowest BCUT2D eigenvalue weighted by Crippen LogP contribution is -2.31. The van der Waals surface area contributed by atoms with Crippen molar-refractivity contribution in [2.45, 2.75) is 47.5 Å². The zero-order valence-corrected chi connectivity index (χ0v) is 12.1. The molecule has 0 spiro atoms. The van der Waals surface area contributed by atoms with Crippen LogP contribution in [0.1, 0.15) is 43.9 Å². The first-order valence-electron chi connectivity index (χ1n) is 6.68. The zero-order chi connectivity index (χ0) is 13.5. The monoisotopic (exact) mass is 245 g/mol. The van der Waals surface area contributed by atoms with Gasteiger partial charge in [0.1, 0.15) is 0 Å². The minimum absolute atomic E-state index is 0.154. The Bertz CT molecular complexity index is 488. The van der Waals surface area contributed by atoms with Crippen LogP contribution in [0.3, 0.4) is 0 Å². The third-order valence-corrected chi connectivity index (χ3v) is 3.85. The highest BCUT2D eigenvalue weighted by Gasteiger charge is 2.29. The van der Waals surface area contributed by atoms with Gasteiger partial charge in [0.2, 0.25) is 5.91 Å². The summed E-state index contributed by atoms with van der Waals surface area (Å²) in [5, 5.41) is 0. The topological polar surface area (TPSA) is 20.3 Å². The van der Waals surface area contributed by atoms with E-state index in [9.17, 15) is 4.79 Å². The van der Waals surface area contributed by atoms with Gasteiger partial charge in [0, 0.05) is 19.2 Å². The maximum atomic E-state index is 11.9. The SMILES string of the molecule is CC(=O)N1CCC(C)(C)Cc2cc(C)cc(C)c21. The molecule has 0 atom stereocenters. The molecular weight excluding hydrogens is 222 g/mol. The average Bonchev–Trinajstić information content (AvgIpc) is 2.32. The number of benzene rings is 1. The van der Waals surface area contributed by atoms with E-state index in [1.165, 1.54) is 16.7 Å². The van der Waals surface area contributed by atoms with Crippen molar-refractivity contribution in [3.63, 3.8) is 0 Å². The average molecular weight is 245 g/mol. The predicted octanol–water partition coefficient (Wildman–Crippen LogP) is 3.63. The van der Waals surface area contributed by atoms with E-state index in [1.54, 1.807) is 6.92 Å². The van der Waals surface area contributed by atoms with E-state index in [2.05, 4.69) is 39.8 Å². The molecule has 1 aromatic rings. The number of rotatable bonds is 0. The number of aryl methyl sites for hydroxylation is 2. The number of fused-ring (bicyclic) bond motifs is 1. The number of hydrogen-bond acceptors (Lipinski definition) is 1.